The number of fused-ring (bicyclic) bond motifs is 1. The molecule has 1 aliphatic carbocycles. The highest BCUT2D eigenvalue weighted by atomic mass is 32.1. The van der Waals surface area contributed by atoms with Crippen molar-refractivity contribution >= 4 is 11.3 Å². The smallest absolute Gasteiger partial charge is 0.0143 e. The summed E-state index contributed by atoms with van der Waals surface area (Å²) in [5, 5.41) is 2.20. The number of rotatable bonds is 3. The SMILES string of the molecule is C=CCC(N)C1CCCc2sccc21. The molecule has 1 aromatic heterocycles. The van der Waals surface area contributed by atoms with E-state index in [2.05, 4.69) is 18.0 Å². The molecule has 76 valence electrons. The van der Waals surface area contributed by atoms with Gasteiger partial charge in [0.1, 0.15) is 0 Å². The first kappa shape index (κ1) is 9.94. The van der Waals surface area contributed by atoms with Gasteiger partial charge in [0.2, 0.25) is 0 Å². The first-order valence-corrected chi connectivity index (χ1v) is 6.13. The molecule has 0 saturated heterocycles. The Bertz CT molecular complexity index is 316. The van der Waals surface area contributed by atoms with Crippen molar-refractivity contribution < 1.29 is 0 Å². The largest absolute Gasteiger partial charge is 0.327 e. The molecule has 0 saturated carbocycles. The Kier molecular flexibility index (Phi) is 3.04. The molecule has 0 aromatic carbocycles. The third-order valence-electron chi connectivity index (χ3n) is 3.05. The minimum absolute atomic E-state index is 0.265. The maximum absolute atomic E-state index is 6.17. The number of hydrogen-bond acceptors (Lipinski definition) is 2. The van der Waals surface area contributed by atoms with Gasteiger partial charge in [-0.25, -0.2) is 0 Å². The Labute approximate surface area is 89.6 Å². The summed E-state index contributed by atoms with van der Waals surface area (Å²) in [5.41, 5.74) is 7.68. The van der Waals surface area contributed by atoms with E-state index in [0.29, 0.717) is 5.92 Å². The monoisotopic (exact) mass is 207 g/mol. The molecule has 2 N–H and O–H groups in total. The summed E-state index contributed by atoms with van der Waals surface area (Å²) in [6.45, 7) is 3.76. The number of aryl methyl sites for hydroxylation is 1. The molecular weight excluding hydrogens is 190 g/mol. The summed E-state index contributed by atoms with van der Waals surface area (Å²) in [4.78, 5) is 1.56. The minimum atomic E-state index is 0.265. The molecule has 0 spiro atoms. The van der Waals surface area contributed by atoms with E-state index < -0.39 is 0 Å². The highest BCUT2D eigenvalue weighted by Crippen LogP contribution is 2.37. The van der Waals surface area contributed by atoms with Gasteiger partial charge in [-0.1, -0.05) is 6.08 Å². The summed E-state index contributed by atoms with van der Waals surface area (Å²) in [7, 11) is 0. The molecule has 1 heterocycles. The third kappa shape index (κ3) is 1.77. The Balaban J connectivity index is 2.19. The molecular formula is C12H17NS. The Morgan fingerprint density at radius 1 is 1.71 bits per heavy atom. The number of hydrogen-bond donors (Lipinski definition) is 1. The predicted octanol–water partition coefficient (Wildman–Crippen LogP) is 3.07. The second kappa shape index (κ2) is 4.28. The molecule has 0 fully saturated rings. The lowest BCUT2D eigenvalue weighted by molar-refractivity contribution is 0.468. The van der Waals surface area contributed by atoms with Gasteiger partial charge in [0.15, 0.2) is 0 Å². The van der Waals surface area contributed by atoms with Gasteiger partial charge in [-0.2, -0.15) is 0 Å². The second-order valence-electron chi connectivity index (χ2n) is 3.99. The lowest BCUT2D eigenvalue weighted by atomic mass is 9.82. The lowest BCUT2D eigenvalue weighted by Gasteiger charge is -2.27. The zero-order valence-corrected chi connectivity index (χ0v) is 9.22. The van der Waals surface area contributed by atoms with Crippen LogP contribution in [0.2, 0.25) is 0 Å². The summed E-state index contributed by atoms with van der Waals surface area (Å²) < 4.78 is 0. The molecule has 0 radical (unpaired) electrons. The molecule has 1 nitrogen and oxygen atoms in total. The fourth-order valence-electron chi connectivity index (χ4n) is 2.32. The van der Waals surface area contributed by atoms with Crippen LogP contribution in [0.4, 0.5) is 0 Å². The van der Waals surface area contributed by atoms with Crippen molar-refractivity contribution in [1.29, 1.82) is 0 Å². The van der Waals surface area contributed by atoms with Crippen LogP contribution in [-0.4, -0.2) is 6.04 Å². The van der Waals surface area contributed by atoms with Gasteiger partial charge in [0.25, 0.3) is 0 Å². The number of nitrogens with two attached hydrogens (primary N) is 1. The van der Waals surface area contributed by atoms with Crippen molar-refractivity contribution in [3.8, 4) is 0 Å². The highest BCUT2D eigenvalue weighted by molar-refractivity contribution is 7.10. The highest BCUT2D eigenvalue weighted by Gasteiger charge is 2.25. The van der Waals surface area contributed by atoms with Crippen molar-refractivity contribution in [2.24, 2.45) is 5.73 Å². The van der Waals surface area contributed by atoms with Crippen molar-refractivity contribution in [2.45, 2.75) is 37.6 Å². The molecule has 2 atom stereocenters. The molecule has 1 aliphatic rings. The third-order valence-corrected chi connectivity index (χ3v) is 4.05. The minimum Gasteiger partial charge on any atom is -0.327 e. The fourth-order valence-corrected chi connectivity index (χ4v) is 3.32. The van der Waals surface area contributed by atoms with E-state index in [1.54, 1.807) is 4.88 Å². The Hall–Kier alpha value is -0.600. The summed E-state index contributed by atoms with van der Waals surface area (Å²) in [6, 6.07) is 2.52. The fraction of sp³-hybridized carbons (Fsp3) is 0.500. The molecule has 14 heavy (non-hydrogen) atoms. The Morgan fingerprint density at radius 3 is 3.36 bits per heavy atom. The molecule has 0 amide bonds. The Morgan fingerprint density at radius 2 is 2.57 bits per heavy atom. The van der Waals surface area contributed by atoms with Crippen LogP contribution in [0.3, 0.4) is 0 Å². The van der Waals surface area contributed by atoms with E-state index in [-0.39, 0.29) is 6.04 Å². The maximum Gasteiger partial charge on any atom is 0.0143 e. The van der Waals surface area contributed by atoms with E-state index >= 15 is 0 Å². The molecule has 1 aromatic rings. The van der Waals surface area contributed by atoms with Crippen LogP contribution >= 0.6 is 11.3 Å². The van der Waals surface area contributed by atoms with Gasteiger partial charge in [0, 0.05) is 16.8 Å². The number of thiophene rings is 1. The van der Waals surface area contributed by atoms with Gasteiger partial charge in [-0.15, -0.1) is 17.9 Å². The first-order valence-electron chi connectivity index (χ1n) is 5.25. The normalized spacial score (nSPS) is 22.8. The van der Waals surface area contributed by atoms with Gasteiger partial charge in [0.05, 0.1) is 0 Å². The topological polar surface area (TPSA) is 26.0 Å². The van der Waals surface area contributed by atoms with Crippen LogP contribution in [0.5, 0.6) is 0 Å². The average Bonchev–Trinajstić information content (AvgIpc) is 2.65. The quantitative estimate of drug-likeness (QED) is 0.757. The van der Waals surface area contributed by atoms with Crippen LogP contribution < -0.4 is 5.73 Å². The van der Waals surface area contributed by atoms with Gasteiger partial charge in [-0.05, 0) is 42.7 Å². The second-order valence-corrected chi connectivity index (χ2v) is 4.99. The summed E-state index contributed by atoms with van der Waals surface area (Å²) in [5.74, 6) is 0.572. The van der Waals surface area contributed by atoms with Crippen LogP contribution in [0, 0.1) is 0 Å². The van der Waals surface area contributed by atoms with Gasteiger partial charge < -0.3 is 5.73 Å². The molecule has 0 bridgehead atoms. The molecule has 2 unspecified atom stereocenters. The maximum atomic E-state index is 6.17. The molecule has 0 aliphatic heterocycles. The summed E-state index contributed by atoms with van der Waals surface area (Å²) >= 11 is 1.88. The lowest BCUT2D eigenvalue weighted by Crippen LogP contribution is -2.29. The van der Waals surface area contributed by atoms with Crippen molar-refractivity contribution in [2.75, 3.05) is 0 Å². The van der Waals surface area contributed by atoms with Gasteiger partial charge in [-0.3, -0.25) is 0 Å². The van der Waals surface area contributed by atoms with E-state index in [4.69, 9.17) is 5.73 Å². The van der Waals surface area contributed by atoms with Crippen LogP contribution in [0.1, 0.15) is 35.6 Å². The van der Waals surface area contributed by atoms with Gasteiger partial charge >= 0.3 is 0 Å². The van der Waals surface area contributed by atoms with E-state index in [1.807, 2.05) is 17.4 Å². The van der Waals surface area contributed by atoms with E-state index in [9.17, 15) is 0 Å². The first-order chi connectivity index (χ1) is 6.83. The van der Waals surface area contributed by atoms with Crippen LogP contribution in [0.25, 0.3) is 0 Å². The van der Waals surface area contributed by atoms with Crippen molar-refractivity contribution in [3.63, 3.8) is 0 Å². The standard InChI is InChI=1S/C12H17NS/c1-2-4-11(13)9-5-3-6-12-10(9)7-8-14-12/h2,7-9,11H,1,3-6,13H2. The van der Waals surface area contributed by atoms with Crippen LogP contribution in [0.15, 0.2) is 24.1 Å². The zero-order chi connectivity index (χ0) is 9.97. The van der Waals surface area contributed by atoms with E-state index in [0.717, 1.165) is 6.42 Å². The molecule has 2 rings (SSSR count). The zero-order valence-electron chi connectivity index (χ0n) is 8.41. The van der Waals surface area contributed by atoms with Crippen molar-refractivity contribution in [1.82, 2.24) is 0 Å². The van der Waals surface area contributed by atoms with Crippen molar-refractivity contribution in [3.05, 3.63) is 34.5 Å². The summed E-state index contributed by atoms with van der Waals surface area (Å²) in [6.07, 6.45) is 6.66. The molecule has 2 heteroatoms. The predicted molar refractivity (Wildman–Crippen MR) is 62.8 cm³/mol. The average molecular weight is 207 g/mol. The van der Waals surface area contributed by atoms with E-state index in [1.165, 1.54) is 24.8 Å². The van der Waals surface area contributed by atoms with Crippen LogP contribution in [-0.2, 0) is 6.42 Å².